The molecule has 0 fully saturated rings. The van der Waals surface area contributed by atoms with Crippen LogP contribution in [0.15, 0.2) is 59.9 Å². The molecule has 0 radical (unpaired) electrons. The summed E-state index contributed by atoms with van der Waals surface area (Å²) in [6.45, 7) is 13.1. The average Bonchev–Trinajstić information content (AvgIpc) is 2.74. The Kier molecular flexibility index (Phi) is 6.65. The number of ether oxygens (including phenoxy) is 1. The number of aromatic nitrogens is 2. The van der Waals surface area contributed by atoms with Gasteiger partial charge in [-0.1, -0.05) is 64.0 Å². The van der Waals surface area contributed by atoms with Gasteiger partial charge >= 0.3 is 5.69 Å². The molecule has 1 heterocycles. The van der Waals surface area contributed by atoms with Gasteiger partial charge < -0.3 is 4.74 Å². The van der Waals surface area contributed by atoms with Gasteiger partial charge in [-0.15, -0.1) is 13.0 Å². The highest BCUT2D eigenvalue weighted by Gasteiger charge is 2.21. The summed E-state index contributed by atoms with van der Waals surface area (Å²) in [5, 5.41) is 0.862. The second-order valence-corrected chi connectivity index (χ2v) is 8.93. The summed E-state index contributed by atoms with van der Waals surface area (Å²) in [4.78, 5) is 17.6. The van der Waals surface area contributed by atoms with Crippen molar-refractivity contribution in [1.29, 1.82) is 0 Å². The van der Waals surface area contributed by atoms with Crippen LogP contribution in [0.3, 0.4) is 0 Å². The molecule has 3 aromatic rings. The number of fused-ring (bicyclic) bond motifs is 1. The molecule has 0 amide bonds. The average molecular weight is 415 g/mol. The molecular weight excluding hydrogens is 384 g/mol. The Hall–Kier alpha value is -3.32. The van der Waals surface area contributed by atoms with Crippen molar-refractivity contribution in [2.24, 2.45) is 5.41 Å². The zero-order valence-electron chi connectivity index (χ0n) is 18.8. The van der Waals surface area contributed by atoms with Crippen molar-refractivity contribution in [2.45, 2.75) is 46.6 Å². The van der Waals surface area contributed by atoms with Crippen LogP contribution in [0.25, 0.3) is 22.2 Å². The lowest BCUT2D eigenvalue weighted by Crippen LogP contribution is -2.30. The van der Waals surface area contributed by atoms with E-state index in [1.54, 1.807) is 4.57 Å². The molecule has 0 saturated carbocycles. The summed E-state index contributed by atoms with van der Waals surface area (Å²) < 4.78 is 7.40. The van der Waals surface area contributed by atoms with E-state index in [1.807, 2.05) is 36.4 Å². The fourth-order valence-electron chi connectivity index (χ4n) is 3.76. The van der Waals surface area contributed by atoms with E-state index in [0.29, 0.717) is 23.9 Å². The minimum atomic E-state index is -0.259. The first-order valence-corrected chi connectivity index (χ1v) is 10.6. The fourth-order valence-corrected chi connectivity index (χ4v) is 3.76. The van der Waals surface area contributed by atoms with E-state index < -0.39 is 0 Å². The molecule has 0 atom stereocenters. The summed E-state index contributed by atoms with van der Waals surface area (Å²) in [5.41, 5.74) is 3.24. The van der Waals surface area contributed by atoms with Crippen LogP contribution in [0.5, 0.6) is 5.75 Å². The minimum absolute atomic E-state index is 0.126. The minimum Gasteiger partial charge on any atom is -0.481 e. The van der Waals surface area contributed by atoms with E-state index in [-0.39, 0.29) is 17.7 Å². The Labute approximate surface area is 184 Å². The van der Waals surface area contributed by atoms with Crippen LogP contribution in [0, 0.1) is 17.8 Å². The van der Waals surface area contributed by atoms with Gasteiger partial charge in [-0.2, -0.15) is 4.98 Å². The van der Waals surface area contributed by atoms with Gasteiger partial charge in [-0.05, 0) is 41.5 Å². The first-order chi connectivity index (χ1) is 14.8. The maximum atomic E-state index is 13.1. The van der Waals surface area contributed by atoms with Gasteiger partial charge in [-0.25, -0.2) is 4.79 Å². The Morgan fingerprint density at radius 2 is 1.94 bits per heavy atom. The highest BCUT2D eigenvalue weighted by atomic mass is 16.5. The van der Waals surface area contributed by atoms with E-state index in [0.717, 1.165) is 22.9 Å². The van der Waals surface area contributed by atoms with E-state index in [2.05, 4.69) is 57.3 Å². The van der Waals surface area contributed by atoms with Crippen LogP contribution in [0.4, 0.5) is 0 Å². The molecule has 0 saturated heterocycles. The number of hydrogen-bond acceptors (Lipinski definition) is 3. The van der Waals surface area contributed by atoms with E-state index >= 15 is 0 Å². The molecule has 4 heteroatoms. The van der Waals surface area contributed by atoms with Gasteiger partial charge in [0.25, 0.3) is 0 Å². The summed E-state index contributed by atoms with van der Waals surface area (Å²) in [6, 6.07) is 13.9. The third kappa shape index (κ3) is 5.06. The molecule has 0 aliphatic rings. The van der Waals surface area contributed by atoms with Crippen molar-refractivity contribution in [3.8, 4) is 29.4 Å². The number of hydrogen-bond donors (Lipinski definition) is 0. The molecule has 31 heavy (non-hydrogen) atoms. The zero-order chi connectivity index (χ0) is 22.6. The molecule has 160 valence electrons. The molecule has 4 nitrogen and oxygen atoms in total. The molecule has 0 unspecified atom stereocenters. The summed E-state index contributed by atoms with van der Waals surface area (Å²) in [5.74, 6) is 3.58. The van der Waals surface area contributed by atoms with Crippen molar-refractivity contribution < 1.29 is 4.74 Å². The predicted molar refractivity (Wildman–Crippen MR) is 128 cm³/mol. The number of nitrogens with zero attached hydrogens (tertiary/aromatic N) is 2. The van der Waals surface area contributed by atoms with Crippen LogP contribution in [0.1, 0.15) is 45.6 Å². The molecule has 0 spiro atoms. The molecule has 0 N–H and O–H groups in total. The van der Waals surface area contributed by atoms with Crippen molar-refractivity contribution in [3.05, 3.63) is 71.2 Å². The molecule has 0 aliphatic carbocycles. The number of terminal acetylenes is 1. The van der Waals surface area contributed by atoms with Crippen LogP contribution < -0.4 is 10.4 Å². The topological polar surface area (TPSA) is 44.1 Å². The molecule has 2 aromatic carbocycles. The van der Waals surface area contributed by atoms with E-state index in [4.69, 9.17) is 11.2 Å². The Balaban J connectivity index is 2.21. The van der Waals surface area contributed by atoms with Crippen LogP contribution >= 0.6 is 0 Å². The monoisotopic (exact) mass is 414 g/mol. The number of allylic oxidation sites excluding steroid dienone is 1. The molecular formula is C27H30N2O2. The maximum Gasteiger partial charge on any atom is 0.348 e. The lowest BCUT2D eigenvalue weighted by Gasteiger charge is -2.25. The summed E-state index contributed by atoms with van der Waals surface area (Å²) in [7, 11) is 0. The lowest BCUT2D eigenvalue weighted by atomic mass is 9.89. The van der Waals surface area contributed by atoms with Crippen molar-refractivity contribution >= 4 is 10.9 Å². The molecule has 3 rings (SSSR count). The molecule has 1 aromatic heterocycles. The zero-order valence-corrected chi connectivity index (χ0v) is 18.8. The van der Waals surface area contributed by atoms with E-state index in [1.165, 1.54) is 5.56 Å². The number of rotatable bonds is 8. The van der Waals surface area contributed by atoms with Crippen molar-refractivity contribution in [3.63, 3.8) is 0 Å². The second-order valence-electron chi connectivity index (χ2n) is 8.93. The first kappa shape index (κ1) is 22.4. The second kappa shape index (κ2) is 9.22. The standard InChI is InChI=1S/C27H30N2O2/c1-7-15-27(5,6)18-29-24-14-13-22(31-16-8-2)17-23(24)25(28-26(29)30)21-11-9-20(10-12-21)19(3)4/h2,7,9-14,17,19H,1,15-16,18H2,3-6H3. The Morgan fingerprint density at radius 1 is 1.23 bits per heavy atom. The maximum absolute atomic E-state index is 13.1. The third-order valence-corrected chi connectivity index (χ3v) is 5.41. The van der Waals surface area contributed by atoms with E-state index in [9.17, 15) is 4.79 Å². The smallest absolute Gasteiger partial charge is 0.348 e. The van der Waals surface area contributed by atoms with Gasteiger partial charge in [0.05, 0.1) is 11.2 Å². The summed E-state index contributed by atoms with van der Waals surface area (Å²) >= 11 is 0. The first-order valence-electron chi connectivity index (χ1n) is 10.6. The van der Waals surface area contributed by atoms with Gasteiger partial charge in [0.15, 0.2) is 0 Å². The van der Waals surface area contributed by atoms with Gasteiger partial charge in [0.2, 0.25) is 0 Å². The van der Waals surface area contributed by atoms with Crippen LogP contribution in [-0.2, 0) is 6.54 Å². The van der Waals surface area contributed by atoms with Crippen LogP contribution in [0.2, 0.25) is 0 Å². The van der Waals surface area contributed by atoms with Gasteiger partial charge in [-0.3, -0.25) is 4.57 Å². The lowest BCUT2D eigenvalue weighted by molar-refractivity contribution is 0.309. The highest BCUT2D eigenvalue weighted by molar-refractivity contribution is 5.93. The normalized spacial score (nSPS) is 11.5. The number of benzene rings is 2. The molecule has 0 aliphatic heterocycles. The Morgan fingerprint density at radius 3 is 2.55 bits per heavy atom. The highest BCUT2D eigenvalue weighted by Crippen LogP contribution is 2.31. The van der Waals surface area contributed by atoms with Crippen LogP contribution in [-0.4, -0.2) is 16.2 Å². The largest absolute Gasteiger partial charge is 0.481 e. The summed E-state index contributed by atoms with van der Waals surface area (Å²) in [6.07, 6.45) is 8.03. The third-order valence-electron chi connectivity index (χ3n) is 5.41. The Bertz CT molecular complexity index is 1180. The van der Waals surface area contributed by atoms with Crippen molar-refractivity contribution in [2.75, 3.05) is 6.61 Å². The fraction of sp³-hybridized carbons (Fsp3) is 0.333. The molecule has 0 bridgehead atoms. The van der Waals surface area contributed by atoms with Crippen molar-refractivity contribution in [1.82, 2.24) is 9.55 Å². The SMILES string of the molecule is C#CCOc1ccc2c(c1)c(-c1ccc(C(C)C)cc1)nc(=O)n2CC(C)(C)CC=C. The predicted octanol–water partition coefficient (Wildman–Crippen LogP) is 5.80. The quantitative estimate of drug-likeness (QED) is 0.346. The van der Waals surface area contributed by atoms with Gasteiger partial charge in [0.1, 0.15) is 12.4 Å². The van der Waals surface area contributed by atoms with Gasteiger partial charge in [0, 0.05) is 17.5 Å².